The van der Waals surface area contributed by atoms with Gasteiger partial charge in [-0.25, -0.2) is 0 Å². The molecule has 1 N–H and O–H groups in total. The highest BCUT2D eigenvalue weighted by molar-refractivity contribution is 5.87. The van der Waals surface area contributed by atoms with Gasteiger partial charge < -0.3 is 10.2 Å². The number of carbonyl (C=O) groups excluding carboxylic acids is 2. The van der Waals surface area contributed by atoms with Gasteiger partial charge in [-0.15, -0.1) is 0 Å². The lowest BCUT2D eigenvalue weighted by Crippen LogP contribution is -2.47. The number of nitrogens with zero attached hydrogens (tertiary/aromatic N) is 1. The van der Waals surface area contributed by atoms with Crippen molar-refractivity contribution in [2.75, 3.05) is 6.54 Å². The SMILES string of the molecule is CC(C)(C)C(=O)NCC(=O)N(C1CCCC1)C1CC1. The second-order valence-electron chi connectivity index (χ2n) is 6.90. The first-order valence-corrected chi connectivity index (χ1v) is 7.49. The highest BCUT2D eigenvalue weighted by atomic mass is 16.2. The van der Waals surface area contributed by atoms with Gasteiger partial charge in [-0.1, -0.05) is 33.6 Å². The summed E-state index contributed by atoms with van der Waals surface area (Å²) in [6.45, 7) is 5.75. The van der Waals surface area contributed by atoms with E-state index in [1.54, 1.807) is 0 Å². The Balaban J connectivity index is 1.87. The number of carbonyl (C=O) groups is 2. The molecule has 2 amide bonds. The Morgan fingerprint density at radius 1 is 1.05 bits per heavy atom. The highest BCUT2D eigenvalue weighted by Crippen LogP contribution is 2.34. The summed E-state index contributed by atoms with van der Waals surface area (Å²) in [6, 6.07) is 0.869. The van der Waals surface area contributed by atoms with Crippen molar-refractivity contribution in [1.82, 2.24) is 10.2 Å². The standard InChI is InChI=1S/C15H26N2O2/c1-15(2,3)14(19)16-10-13(18)17(12-8-9-12)11-6-4-5-7-11/h11-12H,4-10H2,1-3H3,(H,16,19). The normalized spacial score (nSPS) is 20.4. The maximum absolute atomic E-state index is 12.4. The van der Waals surface area contributed by atoms with Crippen molar-refractivity contribution in [2.45, 2.75) is 71.4 Å². The van der Waals surface area contributed by atoms with Crippen molar-refractivity contribution in [1.29, 1.82) is 0 Å². The van der Waals surface area contributed by atoms with Gasteiger partial charge in [-0.05, 0) is 25.7 Å². The summed E-state index contributed by atoms with van der Waals surface area (Å²) in [5, 5.41) is 2.78. The van der Waals surface area contributed by atoms with E-state index in [-0.39, 0.29) is 18.4 Å². The van der Waals surface area contributed by atoms with Gasteiger partial charge in [-0.3, -0.25) is 9.59 Å². The van der Waals surface area contributed by atoms with Crippen LogP contribution < -0.4 is 5.32 Å². The fourth-order valence-corrected chi connectivity index (χ4v) is 2.75. The summed E-state index contributed by atoms with van der Waals surface area (Å²) in [6.07, 6.45) is 7.00. The summed E-state index contributed by atoms with van der Waals surface area (Å²) >= 11 is 0. The molecule has 0 radical (unpaired) electrons. The van der Waals surface area contributed by atoms with Crippen molar-refractivity contribution in [3.63, 3.8) is 0 Å². The lowest BCUT2D eigenvalue weighted by molar-refractivity contribution is -0.137. The lowest BCUT2D eigenvalue weighted by atomic mass is 9.96. The van der Waals surface area contributed by atoms with Gasteiger partial charge in [0.2, 0.25) is 11.8 Å². The third kappa shape index (κ3) is 3.71. The van der Waals surface area contributed by atoms with Crippen LogP contribution in [0.1, 0.15) is 59.3 Å². The van der Waals surface area contributed by atoms with E-state index in [0.29, 0.717) is 12.1 Å². The van der Waals surface area contributed by atoms with E-state index >= 15 is 0 Å². The Labute approximate surface area is 115 Å². The Morgan fingerprint density at radius 2 is 1.58 bits per heavy atom. The second kappa shape index (κ2) is 5.51. The maximum Gasteiger partial charge on any atom is 0.242 e. The molecule has 2 aliphatic carbocycles. The molecule has 0 atom stereocenters. The fourth-order valence-electron chi connectivity index (χ4n) is 2.75. The molecule has 2 fully saturated rings. The molecule has 0 aromatic carbocycles. The molecule has 4 heteroatoms. The zero-order valence-electron chi connectivity index (χ0n) is 12.4. The van der Waals surface area contributed by atoms with E-state index in [4.69, 9.17) is 0 Å². The minimum absolute atomic E-state index is 0.0528. The summed E-state index contributed by atoms with van der Waals surface area (Å²) in [4.78, 5) is 26.2. The number of rotatable bonds is 4. The molecule has 2 rings (SSSR count). The Morgan fingerprint density at radius 3 is 2.05 bits per heavy atom. The van der Waals surface area contributed by atoms with E-state index in [0.717, 1.165) is 25.7 Å². The van der Waals surface area contributed by atoms with Crippen LogP contribution in [-0.2, 0) is 9.59 Å². The predicted octanol–water partition coefficient (Wildman–Crippen LogP) is 2.08. The van der Waals surface area contributed by atoms with Crippen LogP contribution in [0, 0.1) is 5.41 Å². The second-order valence-corrected chi connectivity index (χ2v) is 6.90. The number of hydrogen-bond acceptors (Lipinski definition) is 2. The Hall–Kier alpha value is -1.06. The van der Waals surface area contributed by atoms with Crippen molar-refractivity contribution < 1.29 is 9.59 Å². The van der Waals surface area contributed by atoms with E-state index in [1.807, 2.05) is 20.8 Å². The van der Waals surface area contributed by atoms with Crippen molar-refractivity contribution in [2.24, 2.45) is 5.41 Å². The van der Waals surface area contributed by atoms with Crippen LogP contribution in [0.15, 0.2) is 0 Å². The van der Waals surface area contributed by atoms with Crippen LogP contribution >= 0.6 is 0 Å². The lowest BCUT2D eigenvalue weighted by Gasteiger charge is -2.29. The van der Waals surface area contributed by atoms with Crippen LogP contribution in [0.2, 0.25) is 0 Å². The number of amides is 2. The average molecular weight is 266 g/mol. The monoisotopic (exact) mass is 266 g/mol. The smallest absolute Gasteiger partial charge is 0.242 e. The van der Waals surface area contributed by atoms with Gasteiger partial charge >= 0.3 is 0 Å². The van der Waals surface area contributed by atoms with E-state index in [1.165, 1.54) is 12.8 Å². The van der Waals surface area contributed by atoms with Gasteiger partial charge in [0.25, 0.3) is 0 Å². The summed E-state index contributed by atoms with van der Waals surface area (Å²) in [7, 11) is 0. The zero-order valence-corrected chi connectivity index (χ0v) is 12.4. The highest BCUT2D eigenvalue weighted by Gasteiger charge is 2.38. The quantitative estimate of drug-likeness (QED) is 0.847. The van der Waals surface area contributed by atoms with Crippen LogP contribution in [-0.4, -0.2) is 35.3 Å². The first kappa shape index (κ1) is 14.4. The average Bonchev–Trinajstić information content (AvgIpc) is 3.00. The van der Waals surface area contributed by atoms with Crippen LogP contribution in [0.5, 0.6) is 0 Å². The molecule has 0 aromatic heterocycles. The zero-order chi connectivity index (χ0) is 14.0. The summed E-state index contributed by atoms with van der Waals surface area (Å²) in [5.74, 6) is 0.0509. The van der Waals surface area contributed by atoms with Crippen LogP contribution in [0.3, 0.4) is 0 Å². The minimum Gasteiger partial charge on any atom is -0.347 e. The number of nitrogens with one attached hydrogen (secondary N) is 1. The first-order valence-electron chi connectivity index (χ1n) is 7.49. The minimum atomic E-state index is -0.432. The molecule has 108 valence electrons. The molecule has 0 spiro atoms. The Bertz CT molecular complexity index is 350. The Kier molecular flexibility index (Phi) is 4.16. The van der Waals surface area contributed by atoms with Crippen molar-refractivity contribution in [3.05, 3.63) is 0 Å². The molecule has 4 nitrogen and oxygen atoms in total. The maximum atomic E-state index is 12.4. The molecule has 0 unspecified atom stereocenters. The van der Waals surface area contributed by atoms with Gasteiger partial charge in [0.1, 0.15) is 0 Å². The molecular formula is C15H26N2O2. The molecule has 0 aliphatic heterocycles. The van der Waals surface area contributed by atoms with Crippen molar-refractivity contribution >= 4 is 11.8 Å². The first-order chi connectivity index (χ1) is 8.89. The fraction of sp³-hybridized carbons (Fsp3) is 0.867. The molecule has 19 heavy (non-hydrogen) atoms. The molecule has 2 aliphatic rings. The topological polar surface area (TPSA) is 49.4 Å². The van der Waals surface area contributed by atoms with Crippen LogP contribution in [0.25, 0.3) is 0 Å². The van der Waals surface area contributed by atoms with Gasteiger partial charge in [-0.2, -0.15) is 0 Å². The van der Waals surface area contributed by atoms with Gasteiger partial charge in [0.15, 0.2) is 0 Å². The molecule has 0 heterocycles. The van der Waals surface area contributed by atoms with Crippen LogP contribution in [0.4, 0.5) is 0 Å². The van der Waals surface area contributed by atoms with Crippen molar-refractivity contribution in [3.8, 4) is 0 Å². The summed E-state index contributed by atoms with van der Waals surface area (Å²) < 4.78 is 0. The number of hydrogen-bond donors (Lipinski definition) is 1. The van der Waals surface area contributed by atoms with E-state index < -0.39 is 5.41 Å². The molecular weight excluding hydrogens is 240 g/mol. The molecule has 0 bridgehead atoms. The molecule has 0 aromatic rings. The molecule has 2 saturated carbocycles. The third-order valence-electron chi connectivity index (χ3n) is 4.03. The van der Waals surface area contributed by atoms with E-state index in [9.17, 15) is 9.59 Å². The predicted molar refractivity (Wildman–Crippen MR) is 74.6 cm³/mol. The van der Waals surface area contributed by atoms with Gasteiger partial charge in [0, 0.05) is 17.5 Å². The third-order valence-corrected chi connectivity index (χ3v) is 4.03. The molecule has 0 saturated heterocycles. The van der Waals surface area contributed by atoms with Gasteiger partial charge in [0.05, 0.1) is 6.54 Å². The van der Waals surface area contributed by atoms with E-state index in [2.05, 4.69) is 10.2 Å². The summed E-state index contributed by atoms with van der Waals surface area (Å²) in [5.41, 5.74) is -0.432. The largest absolute Gasteiger partial charge is 0.347 e.